The minimum Gasteiger partial charge on any atom is -0.462 e. The number of para-hydroxylation sites is 2. The maximum atomic E-state index is 12.6. The van der Waals surface area contributed by atoms with Crippen LogP contribution >= 0.6 is 0 Å². The van der Waals surface area contributed by atoms with Crippen LogP contribution in [0.25, 0.3) is 0 Å². The number of rotatable bonds is 7. The molecule has 0 fully saturated rings. The van der Waals surface area contributed by atoms with Gasteiger partial charge < -0.3 is 15.0 Å². The van der Waals surface area contributed by atoms with E-state index in [1.807, 2.05) is 42.2 Å². The van der Waals surface area contributed by atoms with Crippen LogP contribution in [-0.2, 0) is 4.74 Å². The van der Waals surface area contributed by atoms with E-state index in [0.717, 1.165) is 5.69 Å². The van der Waals surface area contributed by atoms with Gasteiger partial charge in [-0.3, -0.25) is 4.79 Å². The van der Waals surface area contributed by atoms with E-state index < -0.39 is 11.9 Å². The van der Waals surface area contributed by atoms with Gasteiger partial charge >= 0.3 is 5.97 Å². The summed E-state index contributed by atoms with van der Waals surface area (Å²) in [6.07, 6.45) is 2.98. The van der Waals surface area contributed by atoms with Gasteiger partial charge in [-0.2, -0.15) is 0 Å². The molecule has 0 bridgehead atoms. The minimum atomic E-state index is -0.494. The first-order chi connectivity index (χ1) is 14.1. The molecule has 0 aliphatic rings. The molecular formula is C22H22N4O3. The van der Waals surface area contributed by atoms with E-state index in [-0.39, 0.29) is 17.9 Å². The molecule has 148 valence electrons. The molecule has 2 aromatic carbocycles. The molecule has 0 aliphatic heterocycles. The summed E-state index contributed by atoms with van der Waals surface area (Å²) in [5.41, 5.74) is 1.79. The molecule has 3 aromatic rings. The maximum absolute atomic E-state index is 12.6. The Balaban J connectivity index is 1.77. The number of hydrogen-bond acceptors (Lipinski definition) is 6. The summed E-state index contributed by atoms with van der Waals surface area (Å²) in [5.74, 6) is -0.308. The Morgan fingerprint density at radius 2 is 1.69 bits per heavy atom. The summed E-state index contributed by atoms with van der Waals surface area (Å²) in [6, 6.07) is 16.5. The van der Waals surface area contributed by atoms with Crippen LogP contribution in [0, 0.1) is 0 Å². The highest BCUT2D eigenvalue weighted by Gasteiger charge is 2.16. The maximum Gasteiger partial charge on any atom is 0.340 e. The van der Waals surface area contributed by atoms with Crippen molar-refractivity contribution in [3.05, 3.63) is 78.2 Å². The fourth-order valence-corrected chi connectivity index (χ4v) is 2.83. The number of carbonyl (C=O) groups is 2. The van der Waals surface area contributed by atoms with E-state index in [1.54, 1.807) is 37.4 Å². The monoisotopic (exact) mass is 390 g/mol. The molecule has 7 nitrogen and oxygen atoms in total. The highest BCUT2D eigenvalue weighted by atomic mass is 16.5. The molecule has 0 spiro atoms. The van der Waals surface area contributed by atoms with Crippen LogP contribution in [0.2, 0.25) is 0 Å². The van der Waals surface area contributed by atoms with Gasteiger partial charge in [0.05, 0.1) is 30.3 Å². The van der Waals surface area contributed by atoms with Crippen LogP contribution in [0.1, 0.15) is 34.7 Å². The molecule has 29 heavy (non-hydrogen) atoms. The van der Waals surface area contributed by atoms with Crippen molar-refractivity contribution in [3.63, 3.8) is 0 Å². The Hall–Kier alpha value is -3.74. The average Bonchev–Trinajstić information content (AvgIpc) is 2.76. The molecule has 0 saturated carbocycles. The standard InChI is InChI=1S/C22H22N4O3/c1-3-26(16-10-6-5-7-11-16)20-15-23-19(14-24-20)21(27)25-18-13-9-8-12-17(18)22(28)29-4-2/h5-15H,3-4H2,1-2H3,(H,25,27). The second-order valence-corrected chi connectivity index (χ2v) is 6.06. The summed E-state index contributed by atoms with van der Waals surface area (Å²) in [6.45, 7) is 4.70. The van der Waals surface area contributed by atoms with Gasteiger partial charge in [0.25, 0.3) is 5.91 Å². The smallest absolute Gasteiger partial charge is 0.340 e. The predicted molar refractivity (Wildman–Crippen MR) is 112 cm³/mol. The first-order valence-electron chi connectivity index (χ1n) is 9.36. The fourth-order valence-electron chi connectivity index (χ4n) is 2.83. The second-order valence-electron chi connectivity index (χ2n) is 6.06. The number of anilines is 3. The van der Waals surface area contributed by atoms with Gasteiger partial charge in [-0.15, -0.1) is 0 Å². The molecule has 7 heteroatoms. The molecule has 0 saturated heterocycles. The molecule has 1 amide bonds. The minimum absolute atomic E-state index is 0.150. The molecule has 0 aliphatic carbocycles. The number of carbonyl (C=O) groups excluding carboxylic acids is 2. The summed E-state index contributed by atoms with van der Waals surface area (Å²) < 4.78 is 5.03. The SMILES string of the molecule is CCOC(=O)c1ccccc1NC(=O)c1cnc(N(CC)c2ccccc2)cn1. The molecule has 3 rings (SSSR count). The van der Waals surface area contributed by atoms with Crippen molar-refractivity contribution in [2.24, 2.45) is 0 Å². The van der Waals surface area contributed by atoms with Gasteiger partial charge in [-0.05, 0) is 38.1 Å². The Labute approximate surface area is 169 Å². The molecule has 0 radical (unpaired) electrons. The predicted octanol–water partition coefficient (Wildman–Crippen LogP) is 4.06. The summed E-state index contributed by atoms with van der Waals surface area (Å²) >= 11 is 0. The lowest BCUT2D eigenvalue weighted by Gasteiger charge is -2.21. The van der Waals surface area contributed by atoms with Crippen LogP contribution in [0.4, 0.5) is 17.2 Å². The van der Waals surface area contributed by atoms with Gasteiger partial charge in [0, 0.05) is 12.2 Å². The second kappa shape index (κ2) is 9.45. The highest BCUT2D eigenvalue weighted by Crippen LogP contribution is 2.22. The lowest BCUT2D eigenvalue weighted by molar-refractivity contribution is 0.0527. The third kappa shape index (κ3) is 4.76. The first-order valence-corrected chi connectivity index (χ1v) is 9.36. The Morgan fingerprint density at radius 1 is 0.966 bits per heavy atom. The van der Waals surface area contributed by atoms with Gasteiger partial charge in [-0.25, -0.2) is 14.8 Å². The van der Waals surface area contributed by atoms with Crippen LogP contribution in [0.5, 0.6) is 0 Å². The van der Waals surface area contributed by atoms with Crippen LogP contribution < -0.4 is 10.2 Å². The Bertz CT molecular complexity index is 975. The first kappa shape index (κ1) is 20.0. The van der Waals surface area contributed by atoms with Gasteiger partial charge in [-0.1, -0.05) is 30.3 Å². The number of aromatic nitrogens is 2. The van der Waals surface area contributed by atoms with Gasteiger partial charge in [0.1, 0.15) is 5.69 Å². The molecule has 0 unspecified atom stereocenters. The summed E-state index contributed by atoms with van der Waals surface area (Å²) in [4.78, 5) is 35.3. The van der Waals surface area contributed by atoms with Crippen molar-refractivity contribution >= 4 is 29.1 Å². The van der Waals surface area contributed by atoms with Crippen LogP contribution in [-0.4, -0.2) is 35.0 Å². The average molecular weight is 390 g/mol. The topological polar surface area (TPSA) is 84.4 Å². The van der Waals surface area contributed by atoms with Crippen molar-refractivity contribution < 1.29 is 14.3 Å². The number of amides is 1. The Morgan fingerprint density at radius 3 is 2.34 bits per heavy atom. The number of benzene rings is 2. The fraction of sp³-hybridized carbons (Fsp3) is 0.182. The zero-order chi connectivity index (χ0) is 20.6. The quantitative estimate of drug-likeness (QED) is 0.613. The van der Waals surface area contributed by atoms with Crippen molar-refractivity contribution in [3.8, 4) is 0 Å². The lowest BCUT2D eigenvalue weighted by Crippen LogP contribution is -2.20. The molecule has 1 aromatic heterocycles. The zero-order valence-corrected chi connectivity index (χ0v) is 16.3. The third-order valence-corrected chi connectivity index (χ3v) is 4.20. The van der Waals surface area contributed by atoms with Gasteiger partial charge in [0.15, 0.2) is 5.82 Å². The third-order valence-electron chi connectivity index (χ3n) is 4.20. The lowest BCUT2D eigenvalue weighted by atomic mass is 10.1. The van der Waals surface area contributed by atoms with E-state index in [4.69, 9.17) is 4.74 Å². The van der Waals surface area contributed by atoms with Crippen LogP contribution in [0.15, 0.2) is 67.0 Å². The van der Waals surface area contributed by atoms with Gasteiger partial charge in [0.2, 0.25) is 0 Å². The highest BCUT2D eigenvalue weighted by molar-refractivity contribution is 6.07. The van der Waals surface area contributed by atoms with Crippen molar-refractivity contribution in [2.75, 3.05) is 23.4 Å². The van der Waals surface area contributed by atoms with E-state index in [9.17, 15) is 9.59 Å². The number of esters is 1. The Kier molecular flexibility index (Phi) is 6.52. The molecule has 1 N–H and O–H groups in total. The largest absolute Gasteiger partial charge is 0.462 e. The number of ether oxygens (including phenoxy) is 1. The van der Waals surface area contributed by atoms with E-state index in [0.29, 0.717) is 18.1 Å². The van der Waals surface area contributed by atoms with E-state index >= 15 is 0 Å². The molecular weight excluding hydrogens is 368 g/mol. The number of nitrogens with one attached hydrogen (secondary N) is 1. The molecule has 1 heterocycles. The van der Waals surface area contributed by atoms with Crippen molar-refractivity contribution in [1.29, 1.82) is 0 Å². The van der Waals surface area contributed by atoms with Crippen LogP contribution in [0.3, 0.4) is 0 Å². The number of hydrogen-bond donors (Lipinski definition) is 1. The number of nitrogens with zero attached hydrogens (tertiary/aromatic N) is 3. The zero-order valence-electron chi connectivity index (χ0n) is 16.3. The van der Waals surface area contributed by atoms with E-state index in [1.165, 1.54) is 6.20 Å². The van der Waals surface area contributed by atoms with E-state index in [2.05, 4.69) is 15.3 Å². The summed E-state index contributed by atoms with van der Waals surface area (Å²) in [7, 11) is 0. The summed E-state index contributed by atoms with van der Waals surface area (Å²) in [5, 5.41) is 2.70. The molecule has 0 atom stereocenters. The van der Waals surface area contributed by atoms with Crippen molar-refractivity contribution in [2.45, 2.75) is 13.8 Å². The normalized spacial score (nSPS) is 10.3. The van der Waals surface area contributed by atoms with Crippen molar-refractivity contribution in [1.82, 2.24) is 9.97 Å².